The Morgan fingerprint density at radius 2 is 2.22 bits per heavy atom. The molecular formula is C14H17NO3. The lowest BCUT2D eigenvalue weighted by Gasteiger charge is -2.39. The summed E-state index contributed by atoms with van der Waals surface area (Å²) >= 11 is 0. The highest BCUT2D eigenvalue weighted by Gasteiger charge is 2.45. The summed E-state index contributed by atoms with van der Waals surface area (Å²) in [6, 6.07) is 9.67. The molecule has 1 aliphatic carbocycles. The number of carbonyl (C=O) groups excluding carboxylic acids is 1. The summed E-state index contributed by atoms with van der Waals surface area (Å²) < 4.78 is 10.9. The van der Waals surface area contributed by atoms with Crippen LogP contribution in [0.4, 0.5) is 0 Å². The fourth-order valence-corrected chi connectivity index (χ4v) is 2.68. The number of hydrogen-bond donors (Lipinski definition) is 1. The number of fused-ring (bicyclic) bond motifs is 1. The molecule has 1 amide bonds. The molecule has 0 bridgehead atoms. The molecule has 96 valence electrons. The molecule has 0 radical (unpaired) electrons. The Hall–Kier alpha value is -1.55. The molecule has 2 fully saturated rings. The number of rotatable bonds is 4. The molecule has 1 aromatic rings. The van der Waals surface area contributed by atoms with Gasteiger partial charge in [0.1, 0.15) is 5.75 Å². The summed E-state index contributed by atoms with van der Waals surface area (Å²) in [4.78, 5) is 11.7. The first-order chi connectivity index (χ1) is 8.83. The Labute approximate surface area is 106 Å². The molecule has 1 N–H and O–H groups in total. The SMILES string of the molecule is O=C(COc1ccccc1)N[C@@H]1C[C@H]2OCC[C@@H]12. The minimum absolute atomic E-state index is 0.0470. The largest absolute Gasteiger partial charge is 0.484 e. The maximum atomic E-state index is 11.7. The molecular weight excluding hydrogens is 230 g/mol. The molecule has 2 aliphatic rings. The molecule has 4 nitrogen and oxygen atoms in total. The molecule has 0 spiro atoms. The number of benzene rings is 1. The van der Waals surface area contributed by atoms with Gasteiger partial charge in [-0.3, -0.25) is 4.79 Å². The summed E-state index contributed by atoms with van der Waals surface area (Å²) in [5, 5.41) is 3.01. The average molecular weight is 247 g/mol. The van der Waals surface area contributed by atoms with Gasteiger partial charge < -0.3 is 14.8 Å². The number of hydrogen-bond acceptors (Lipinski definition) is 3. The highest BCUT2D eigenvalue weighted by molar-refractivity contribution is 5.78. The highest BCUT2D eigenvalue weighted by atomic mass is 16.5. The highest BCUT2D eigenvalue weighted by Crippen LogP contribution is 2.38. The minimum Gasteiger partial charge on any atom is -0.484 e. The van der Waals surface area contributed by atoms with E-state index in [1.165, 1.54) is 0 Å². The van der Waals surface area contributed by atoms with E-state index in [0.717, 1.165) is 25.2 Å². The quantitative estimate of drug-likeness (QED) is 0.874. The fourth-order valence-electron chi connectivity index (χ4n) is 2.68. The van der Waals surface area contributed by atoms with Crippen LogP contribution < -0.4 is 10.1 Å². The lowest BCUT2D eigenvalue weighted by Crippen LogP contribution is -2.54. The van der Waals surface area contributed by atoms with Gasteiger partial charge in [-0.25, -0.2) is 0 Å². The second kappa shape index (κ2) is 4.98. The van der Waals surface area contributed by atoms with E-state index < -0.39 is 0 Å². The van der Waals surface area contributed by atoms with Crippen LogP contribution >= 0.6 is 0 Å². The topological polar surface area (TPSA) is 47.6 Å². The molecule has 3 rings (SSSR count). The van der Waals surface area contributed by atoms with Gasteiger partial charge in [0, 0.05) is 18.6 Å². The number of amides is 1. The monoisotopic (exact) mass is 247 g/mol. The maximum Gasteiger partial charge on any atom is 0.258 e. The Morgan fingerprint density at radius 1 is 1.39 bits per heavy atom. The number of nitrogens with one attached hydrogen (secondary N) is 1. The van der Waals surface area contributed by atoms with Gasteiger partial charge >= 0.3 is 0 Å². The van der Waals surface area contributed by atoms with Crippen LogP contribution in [0.3, 0.4) is 0 Å². The van der Waals surface area contributed by atoms with E-state index in [4.69, 9.17) is 9.47 Å². The van der Waals surface area contributed by atoms with Crippen LogP contribution in [0.25, 0.3) is 0 Å². The Balaban J connectivity index is 1.43. The van der Waals surface area contributed by atoms with E-state index in [1.807, 2.05) is 30.3 Å². The standard InChI is InChI=1S/C14H17NO3/c16-14(9-18-10-4-2-1-3-5-10)15-12-8-13-11(12)6-7-17-13/h1-5,11-13H,6-9H2,(H,15,16)/t11-,12+,13+/m0/s1. The van der Waals surface area contributed by atoms with Crippen molar-refractivity contribution in [3.8, 4) is 5.75 Å². The van der Waals surface area contributed by atoms with Gasteiger partial charge in [0.15, 0.2) is 6.61 Å². The molecule has 3 atom stereocenters. The lowest BCUT2D eigenvalue weighted by molar-refractivity contribution is -0.126. The molecule has 4 heteroatoms. The predicted octanol–water partition coefficient (Wildman–Crippen LogP) is 1.36. The van der Waals surface area contributed by atoms with Crippen LogP contribution in [-0.4, -0.2) is 31.3 Å². The molecule has 18 heavy (non-hydrogen) atoms. The first-order valence-electron chi connectivity index (χ1n) is 6.42. The first kappa shape index (κ1) is 11.5. The first-order valence-corrected chi connectivity index (χ1v) is 6.42. The normalized spacial score (nSPS) is 29.2. The van der Waals surface area contributed by atoms with Crippen molar-refractivity contribution in [3.05, 3.63) is 30.3 Å². The summed E-state index contributed by atoms with van der Waals surface area (Å²) in [5.74, 6) is 1.20. The van der Waals surface area contributed by atoms with Crippen molar-refractivity contribution in [2.24, 2.45) is 5.92 Å². The third kappa shape index (κ3) is 2.34. The van der Waals surface area contributed by atoms with Crippen molar-refractivity contribution in [1.29, 1.82) is 0 Å². The third-order valence-corrected chi connectivity index (χ3v) is 3.72. The van der Waals surface area contributed by atoms with E-state index in [1.54, 1.807) is 0 Å². The predicted molar refractivity (Wildman–Crippen MR) is 66.3 cm³/mol. The number of carbonyl (C=O) groups is 1. The minimum atomic E-state index is -0.0470. The Morgan fingerprint density at radius 3 is 3.00 bits per heavy atom. The zero-order valence-electron chi connectivity index (χ0n) is 10.2. The van der Waals surface area contributed by atoms with E-state index in [2.05, 4.69) is 5.32 Å². The second-order valence-corrected chi connectivity index (χ2v) is 4.87. The van der Waals surface area contributed by atoms with Crippen molar-refractivity contribution in [2.75, 3.05) is 13.2 Å². The average Bonchev–Trinajstić information content (AvgIpc) is 2.76. The smallest absolute Gasteiger partial charge is 0.258 e. The second-order valence-electron chi connectivity index (χ2n) is 4.87. The molecule has 0 unspecified atom stereocenters. The summed E-state index contributed by atoms with van der Waals surface area (Å²) in [6.45, 7) is 0.918. The molecule has 1 heterocycles. The van der Waals surface area contributed by atoms with Gasteiger partial charge in [-0.05, 0) is 25.0 Å². The van der Waals surface area contributed by atoms with Crippen LogP contribution in [0, 0.1) is 5.92 Å². The zero-order chi connectivity index (χ0) is 12.4. The molecule has 1 saturated carbocycles. The van der Waals surface area contributed by atoms with Crippen LogP contribution in [0.1, 0.15) is 12.8 Å². The van der Waals surface area contributed by atoms with E-state index in [0.29, 0.717) is 12.0 Å². The third-order valence-electron chi connectivity index (χ3n) is 3.72. The fraction of sp³-hybridized carbons (Fsp3) is 0.500. The van der Waals surface area contributed by atoms with Crippen molar-refractivity contribution < 1.29 is 14.3 Å². The van der Waals surface area contributed by atoms with Gasteiger partial charge in [-0.15, -0.1) is 0 Å². The molecule has 0 aromatic heterocycles. The molecule has 1 aromatic carbocycles. The van der Waals surface area contributed by atoms with Crippen molar-refractivity contribution in [2.45, 2.75) is 25.0 Å². The van der Waals surface area contributed by atoms with E-state index >= 15 is 0 Å². The van der Waals surface area contributed by atoms with Gasteiger partial charge in [0.2, 0.25) is 0 Å². The lowest BCUT2D eigenvalue weighted by atomic mass is 9.76. The number of para-hydroxylation sites is 1. The van der Waals surface area contributed by atoms with E-state index in [-0.39, 0.29) is 18.6 Å². The van der Waals surface area contributed by atoms with Crippen molar-refractivity contribution >= 4 is 5.91 Å². The maximum absolute atomic E-state index is 11.7. The van der Waals surface area contributed by atoms with E-state index in [9.17, 15) is 4.79 Å². The van der Waals surface area contributed by atoms with Crippen molar-refractivity contribution in [3.63, 3.8) is 0 Å². The Kier molecular flexibility index (Phi) is 3.19. The molecule has 1 aliphatic heterocycles. The van der Waals surface area contributed by atoms with Gasteiger partial charge in [0.25, 0.3) is 5.91 Å². The van der Waals surface area contributed by atoms with Gasteiger partial charge in [-0.1, -0.05) is 18.2 Å². The van der Waals surface area contributed by atoms with Crippen LogP contribution in [0.5, 0.6) is 5.75 Å². The summed E-state index contributed by atoms with van der Waals surface area (Å²) in [6.07, 6.45) is 2.39. The van der Waals surface area contributed by atoms with Crippen LogP contribution in [0.15, 0.2) is 30.3 Å². The summed E-state index contributed by atoms with van der Waals surface area (Å²) in [5.41, 5.74) is 0. The van der Waals surface area contributed by atoms with Gasteiger partial charge in [0.05, 0.1) is 6.10 Å². The number of ether oxygens (including phenoxy) is 2. The van der Waals surface area contributed by atoms with Crippen molar-refractivity contribution in [1.82, 2.24) is 5.32 Å². The van der Waals surface area contributed by atoms with Crippen LogP contribution in [0.2, 0.25) is 0 Å². The van der Waals surface area contributed by atoms with Gasteiger partial charge in [-0.2, -0.15) is 0 Å². The zero-order valence-corrected chi connectivity index (χ0v) is 10.2. The summed E-state index contributed by atoms with van der Waals surface area (Å²) in [7, 11) is 0. The molecule has 1 saturated heterocycles. The Bertz CT molecular complexity index is 420. The van der Waals surface area contributed by atoms with Crippen LogP contribution in [-0.2, 0) is 9.53 Å².